The molecule has 1 fully saturated rings. The van der Waals surface area contributed by atoms with Crippen LogP contribution in [0.4, 0.5) is 0 Å². The van der Waals surface area contributed by atoms with Crippen molar-refractivity contribution in [3.8, 4) is 11.5 Å². The van der Waals surface area contributed by atoms with Gasteiger partial charge in [0.2, 0.25) is 0 Å². The minimum Gasteiger partial charge on any atom is -0.493 e. The van der Waals surface area contributed by atoms with Crippen molar-refractivity contribution < 1.29 is 14.3 Å². The molecule has 0 saturated carbocycles. The fourth-order valence-corrected chi connectivity index (χ4v) is 2.87. The first-order chi connectivity index (χ1) is 11.5. The zero-order chi connectivity index (χ0) is 17.5. The predicted molar refractivity (Wildman–Crippen MR) is 94.5 cm³/mol. The highest BCUT2D eigenvalue weighted by molar-refractivity contribution is 5.77. The lowest BCUT2D eigenvalue weighted by Crippen LogP contribution is -2.53. The molecule has 0 aliphatic carbocycles. The van der Waals surface area contributed by atoms with Crippen molar-refractivity contribution in [1.29, 1.82) is 0 Å². The van der Waals surface area contributed by atoms with E-state index >= 15 is 0 Å². The Morgan fingerprint density at radius 3 is 2.88 bits per heavy atom. The number of amides is 1. The van der Waals surface area contributed by atoms with Gasteiger partial charge in [0.05, 0.1) is 7.11 Å². The molecule has 0 bridgehead atoms. The summed E-state index contributed by atoms with van der Waals surface area (Å²) >= 11 is 0. The second kappa shape index (κ2) is 8.89. The maximum atomic E-state index is 11.5. The topological polar surface area (TPSA) is 62.8 Å². The minimum atomic E-state index is -0.132. The van der Waals surface area contributed by atoms with Gasteiger partial charge in [0.1, 0.15) is 0 Å². The smallest absolute Gasteiger partial charge is 0.257 e. The molecule has 2 N–H and O–H groups in total. The number of methoxy groups -OCH3 is 1. The van der Waals surface area contributed by atoms with Crippen LogP contribution in [-0.4, -0.2) is 56.2 Å². The highest BCUT2D eigenvalue weighted by atomic mass is 16.5. The number of nitrogens with zero attached hydrogens (tertiary/aromatic N) is 1. The van der Waals surface area contributed by atoms with Gasteiger partial charge in [0.25, 0.3) is 5.91 Å². The van der Waals surface area contributed by atoms with E-state index in [1.165, 1.54) is 5.56 Å². The molecule has 0 aromatic heterocycles. The Hall–Kier alpha value is -1.79. The number of benzene rings is 1. The Labute approximate surface area is 144 Å². The monoisotopic (exact) mass is 335 g/mol. The molecule has 1 aromatic carbocycles. The summed E-state index contributed by atoms with van der Waals surface area (Å²) in [5, 5.41) is 6.20. The Bertz CT molecular complexity index is 550. The van der Waals surface area contributed by atoms with Gasteiger partial charge in [-0.2, -0.15) is 0 Å². The van der Waals surface area contributed by atoms with Gasteiger partial charge in [-0.3, -0.25) is 9.69 Å². The number of rotatable bonds is 7. The number of carbonyl (C=O) groups excluding carboxylic acids is 1. The van der Waals surface area contributed by atoms with Crippen LogP contribution in [0.2, 0.25) is 0 Å². The molecule has 2 atom stereocenters. The number of ether oxygens (including phenoxy) is 2. The number of carbonyl (C=O) groups is 1. The Morgan fingerprint density at radius 1 is 1.38 bits per heavy atom. The standard InChI is InChI=1S/C18H29N3O3/c1-5-19-18(22)12-24-16-7-6-15(8-17(16)23-4)11-21-10-13(2)20-9-14(21)3/h6-8,13-14,20H,5,9-12H2,1-4H3,(H,19,22). The van der Waals surface area contributed by atoms with Crippen molar-refractivity contribution in [2.75, 3.05) is 33.4 Å². The van der Waals surface area contributed by atoms with Crippen molar-refractivity contribution in [3.05, 3.63) is 23.8 Å². The van der Waals surface area contributed by atoms with Crippen LogP contribution in [0.3, 0.4) is 0 Å². The van der Waals surface area contributed by atoms with Crippen LogP contribution in [0.5, 0.6) is 11.5 Å². The van der Waals surface area contributed by atoms with E-state index < -0.39 is 0 Å². The molecular formula is C18H29N3O3. The third-order valence-electron chi connectivity index (χ3n) is 4.24. The predicted octanol–water partition coefficient (Wildman–Crippen LogP) is 1.39. The normalized spacial score (nSPS) is 21.3. The molecule has 1 aliphatic rings. The summed E-state index contributed by atoms with van der Waals surface area (Å²) in [6, 6.07) is 6.91. The molecule has 6 nitrogen and oxygen atoms in total. The second-order valence-corrected chi connectivity index (χ2v) is 6.32. The molecule has 1 amide bonds. The minimum absolute atomic E-state index is 0.00408. The van der Waals surface area contributed by atoms with Crippen molar-refractivity contribution in [2.45, 2.75) is 39.4 Å². The first kappa shape index (κ1) is 18.5. The van der Waals surface area contributed by atoms with Crippen LogP contribution in [-0.2, 0) is 11.3 Å². The average Bonchev–Trinajstić information content (AvgIpc) is 2.57. The van der Waals surface area contributed by atoms with E-state index in [1.54, 1.807) is 7.11 Å². The molecule has 0 radical (unpaired) electrons. The van der Waals surface area contributed by atoms with E-state index in [0.717, 1.165) is 19.6 Å². The summed E-state index contributed by atoms with van der Waals surface area (Å²) in [7, 11) is 1.62. The number of piperazine rings is 1. The van der Waals surface area contributed by atoms with E-state index in [0.29, 0.717) is 30.1 Å². The lowest BCUT2D eigenvalue weighted by molar-refractivity contribution is -0.123. The average molecular weight is 335 g/mol. The fraction of sp³-hybridized carbons (Fsp3) is 0.611. The van der Waals surface area contributed by atoms with Gasteiger partial charge < -0.3 is 20.1 Å². The third kappa shape index (κ3) is 5.11. The SMILES string of the molecule is CCNC(=O)COc1ccc(CN2CC(C)NCC2C)cc1OC. The summed E-state index contributed by atoms with van der Waals surface area (Å²) in [5.74, 6) is 1.12. The molecule has 24 heavy (non-hydrogen) atoms. The molecule has 1 saturated heterocycles. The number of hydrogen-bond donors (Lipinski definition) is 2. The number of nitrogens with one attached hydrogen (secondary N) is 2. The van der Waals surface area contributed by atoms with Crippen LogP contribution in [0.15, 0.2) is 18.2 Å². The van der Waals surface area contributed by atoms with Crippen LogP contribution in [0.25, 0.3) is 0 Å². The van der Waals surface area contributed by atoms with E-state index in [-0.39, 0.29) is 12.5 Å². The van der Waals surface area contributed by atoms with Gasteiger partial charge in [-0.15, -0.1) is 0 Å². The Kier molecular flexibility index (Phi) is 6.87. The van der Waals surface area contributed by atoms with E-state index in [2.05, 4.69) is 29.4 Å². The van der Waals surface area contributed by atoms with Gasteiger partial charge in [-0.05, 0) is 38.5 Å². The molecular weight excluding hydrogens is 306 g/mol. The van der Waals surface area contributed by atoms with Crippen LogP contribution in [0.1, 0.15) is 26.3 Å². The zero-order valence-electron chi connectivity index (χ0n) is 15.1. The zero-order valence-corrected chi connectivity index (χ0v) is 15.1. The maximum Gasteiger partial charge on any atom is 0.257 e. The van der Waals surface area contributed by atoms with Crippen LogP contribution in [0, 0.1) is 0 Å². The lowest BCUT2D eigenvalue weighted by atomic mass is 10.1. The summed E-state index contributed by atoms with van der Waals surface area (Å²) in [6.07, 6.45) is 0. The number of hydrogen-bond acceptors (Lipinski definition) is 5. The van der Waals surface area contributed by atoms with Crippen molar-refractivity contribution in [3.63, 3.8) is 0 Å². The Balaban J connectivity index is 2.01. The van der Waals surface area contributed by atoms with Gasteiger partial charge >= 0.3 is 0 Å². The Morgan fingerprint density at radius 2 is 2.17 bits per heavy atom. The summed E-state index contributed by atoms with van der Waals surface area (Å²) in [5.41, 5.74) is 1.18. The largest absolute Gasteiger partial charge is 0.493 e. The number of likely N-dealkylation sites (N-methyl/N-ethyl adjacent to an activating group) is 1. The first-order valence-corrected chi connectivity index (χ1v) is 8.57. The molecule has 6 heteroatoms. The van der Waals surface area contributed by atoms with E-state index in [1.807, 2.05) is 25.1 Å². The van der Waals surface area contributed by atoms with Gasteiger partial charge in [0, 0.05) is 38.3 Å². The first-order valence-electron chi connectivity index (χ1n) is 8.57. The lowest BCUT2D eigenvalue weighted by Gasteiger charge is -2.37. The highest BCUT2D eigenvalue weighted by Gasteiger charge is 2.22. The molecule has 134 valence electrons. The molecule has 1 aromatic rings. The van der Waals surface area contributed by atoms with Crippen LogP contribution < -0.4 is 20.1 Å². The molecule has 0 spiro atoms. The van der Waals surface area contributed by atoms with Crippen molar-refractivity contribution >= 4 is 5.91 Å². The van der Waals surface area contributed by atoms with Crippen molar-refractivity contribution in [2.24, 2.45) is 0 Å². The van der Waals surface area contributed by atoms with Crippen LogP contribution >= 0.6 is 0 Å². The van der Waals surface area contributed by atoms with Gasteiger partial charge in [-0.1, -0.05) is 6.07 Å². The summed E-state index contributed by atoms with van der Waals surface area (Å²) < 4.78 is 11.0. The fourth-order valence-electron chi connectivity index (χ4n) is 2.87. The van der Waals surface area contributed by atoms with E-state index in [9.17, 15) is 4.79 Å². The molecule has 2 rings (SSSR count). The van der Waals surface area contributed by atoms with Gasteiger partial charge in [-0.25, -0.2) is 0 Å². The summed E-state index contributed by atoms with van der Waals surface area (Å²) in [4.78, 5) is 14.0. The maximum absolute atomic E-state index is 11.5. The van der Waals surface area contributed by atoms with Gasteiger partial charge in [0.15, 0.2) is 18.1 Å². The third-order valence-corrected chi connectivity index (χ3v) is 4.24. The highest BCUT2D eigenvalue weighted by Crippen LogP contribution is 2.29. The van der Waals surface area contributed by atoms with E-state index in [4.69, 9.17) is 9.47 Å². The summed E-state index contributed by atoms with van der Waals surface area (Å²) in [6.45, 7) is 9.82. The molecule has 2 unspecified atom stereocenters. The second-order valence-electron chi connectivity index (χ2n) is 6.32. The van der Waals surface area contributed by atoms with Crippen molar-refractivity contribution in [1.82, 2.24) is 15.5 Å². The molecule has 1 heterocycles. The molecule has 1 aliphatic heterocycles. The quantitative estimate of drug-likeness (QED) is 0.788.